The van der Waals surface area contributed by atoms with Crippen molar-refractivity contribution < 1.29 is 0 Å². The summed E-state index contributed by atoms with van der Waals surface area (Å²) in [7, 11) is 0. The molecule has 4 heterocycles. The highest BCUT2D eigenvalue weighted by atomic mass is 15.5. The van der Waals surface area contributed by atoms with Crippen LogP contribution in [0.1, 0.15) is 62.6 Å². The summed E-state index contributed by atoms with van der Waals surface area (Å²) in [6.45, 7) is 15.5. The fourth-order valence-corrected chi connectivity index (χ4v) is 5.01. The lowest BCUT2D eigenvalue weighted by Crippen LogP contribution is -2.36. The number of likely N-dealkylation sites (tertiary alicyclic amines) is 2. The van der Waals surface area contributed by atoms with Crippen LogP contribution in [-0.2, 0) is 13.1 Å². The zero-order valence-corrected chi connectivity index (χ0v) is 18.1. The molecule has 0 aliphatic carbocycles. The van der Waals surface area contributed by atoms with Crippen LogP contribution < -0.4 is 0 Å². The summed E-state index contributed by atoms with van der Waals surface area (Å²) in [5.41, 5.74) is 2.47. The highest BCUT2D eigenvalue weighted by Gasteiger charge is 2.24. The Kier molecular flexibility index (Phi) is 5.88. The summed E-state index contributed by atoms with van der Waals surface area (Å²) in [6, 6.07) is 4.38. The molecule has 0 spiro atoms. The topological polar surface area (TPSA) is 42.1 Å². The average molecular weight is 385 g/mol. The molecular formula is C22H36N6. The van der Waals surface area contributed by atoms with E-state index in [1.54, 1.807) is 0 Å². The maximum atomic E-state index is 4.68. The molecule has 28 heavy (non-hydrogen) atoms. The zero-order chi connectivity index (χ0) is 19.7. The predicted molar refractivity (Wildman–Crippen MR) is 112 cm³/mol. The van der Waals surface area contributed by atoms with E-state index in [0.29, 0.717) is 0 Å². The normalized spacial score (nSPS) is 24.7. The molecule has 2 aliphatic rings. The van der Waals surface area contributed by atoms with Gasteiger partial charge in [0.1, 0.15) is 0 Å². The van der Waals surface area contributed by atoms with Crippen molar-refractivity contribution in [1.82, 2.24) is 29.3 Å². The van der Waals surface area contributed by atoms with Gasteiger partial charge in [0, 0.05) is 24.5 Å². The largest absolute Gasteiger partial charge is 0.296 e. The maximum Gasteiger partial charge on any atom is 0.167 e. The van der Waals surface area contributed by atoms with Crippen molar-refractivity contribution in [2.24, 2.45) is 11.8 Å². The van der Waals surface area contributed by atoms with Gasteiger partial charge in [-0.2, -0.15) is 0 Å². The molecule has 0 saturated carbocycles. The second kappa shape index (κ2) is 8.37. The minimum absolute atomic E-state index is 0.773. The summed E-state index contributed by atoms with van der Waals surface area (Å²) in [5.74, 6) is 3.68. The predicted octanol–water partition coefficient (Wildman–Crippen LogP) is 3.47. The number of hydrogen-bond acceptors (Lipinski definition) is 4. The number of piperidine rings is 2. The van der Waals surface area contributed by atoms with Crippen molar-refractivity contribution >= 4 is 0 Å². The Bertz CT molecular complexity index is 730. The van der Waals surface area contributed by atoms with Gasteiger partial charge in [-0.1, -0.05) is 13.8 Å². The Labute approximate surface area is 169 Å². The number of aryl methyl sites for hydroxylation is 2. The smallest absolute Gasteiger partial charge is 0.167 e. The fourth-order valence-electron chi connectivity index (χ4n) is 5.01. The van der Waals surface area contributed by atoms with Crippen LogP contribution in [0, 0.1) is 25.7 Å². The molecule has 2 fully saturated rings. The van der Waals surface area contributed by atoms with Gasteiger partial charge in [-0.05, 0) is 76.6 Å². The molecule has 154 valence electrons. The Morgan fingerprint density at radius 1 is 0.786 bits per heavy atom. The summed E-state index contributed by atoms with van der Waals surface area (Å²) in [4.78, 5) is 5.10. The Morgan fingerprint density at radius 3 is 1.68 bits per heavy atom. The lowest BCUT2D eigenvalue weighted by atomic mass is 10.0. The van der Waals surface area contributed by atoms with E-state index in [2.05, 4.69) is 69.2 Å². The molecule has 0 bridgehead atoms. The quantitative estimate of drug-likeness (QED) is 0.792. The van der Waals surface area contributed by atoms with Gasteiger partial charge in [-0.15, -0.1) is 10.2 Å². The van der Waals surface area contributed by atoms with Crippen LogP contribution >= 0.6 is 0 Å². The SMILES string of the molecule is Cc1ccc(C)n1-n1c(CN2CCC[C@@H](C)C2)nnc1CN1CCC[C@@H](C)C1. The third-order valence-corrected chi connectivity index (χ3v) is 6.42. The molecule has 2 aromatic rings. The molecule has 0 amide bonds. The first-order valence-corrected chi connectivity index (χ1v) is 11.0. The third kappa shape index (κ3) is 4.18. The van der Waals surface area contributed by atoms with Gasteiger partial charge >= 0.3 is 0 Å². The van der Waals surface area contributed by atoms with E-state index in [0.717, 1.165) is 49.7 Å². The summed E-state index contributed by atoms with van der Waals surface area (Å²) >= 11 is 0. The number of aromatic nitrogens is 4. The lowest BCUT2D eigenvalue weighted by Gasteiger charge is -2.31. The lowest BCUT2D eigenvalue weighted by molar-refractivity contribution is 0.164. The zero-order valence-electron chi connectivity index (χ0n) is 18.1. The number of rotatable bonds is 5. The van der Waals surface area contributed by atoms with Gasteiger partial charge in [-0.3, -0.25) is 14.5 Å². The highest BCUT2D eigenvalue weighted by molar-refractivity contribution is 5.16. The van der Waals surface area contributed by atoms with E-state index < -0.39 is 0 Å². The molecular weight excluding hydrogens is 348 g/mol. The minimum Gasteiger partial charge on any atom is -0.296 e. The first kappa shape index (κ1) is 19.6. The second-order valence-electron chi connectivity index (χ2n) is 9.24. The Balaban J connectivity index is 1.63. The highest BCUT2D eigenvalue weighted by Crippen LogP contribution is 2.21. The van der Waals surface area contributed by atoms with Gasteiger partial charge in [0.2, 0.25) is 0 Å². The standard InChI is InChI=1S/C22H36N6/c1-17-7-5-11-25(13-17)15-21-23-24-22(16-26-12-6-8-18(2)14-26)28(21)27-19(3)9-10-20(27)4/h9-10,17-18H,5-8,11-16H2,1-4H3/t17-,18-/m1/s1. The minimum atomic E-state index is 0.773. The van der Waals surface area contributed by atoms with Crippen LogP contribution in [0.4, 0.5) is 0 Å². The molecule has 0 radical (unpaired) electrons. The van der Waals surface area contributed by atoms with Gasteiger partial charge in [0.05, 0.1) is 13.1 Å². The van der Waals surface area contributed by atoms with Crippen LogP contribution in [0.15, 0.2) is 12.1 Å². The Morgan fingerprint density at radius 2 is 1.25 bits per heavy atom. The Hall–Kier alpha value is -1.66. The van der Waals surface area contributed by atoms with E-state index in [1.165, 1.54) is 50.2 Å². The molecule has 4 rings (SSSR count). The number of nitrogens with zero attached hydrogens (tertiary/aromatic N) is 6. The van der Waals surface area contributed by atoms with E-state index in [1.807, 2.05) is 0 Å². The summed E-state index contributed by atoms with van der Waals surface area (Å²) in [6.07, 6.45) is 5.26. The van der Waals surface area contributed by atoms with E-state index in [9.17, 15) is 0 Å². The molecule has 6 heteroatoms. The monoisotopic (exact) mass is 384 g/mol. The van der Waals surface area contributed by atoms with Crippen LogP contribution in [0.25, 0.3) is 0 Å². The molecule has 6 nitrogen and oxygen atoms in total. The summed E-state index contributed by atoms with van der Waals surface area (Å²) < 4.78 is 4.59. The molecule has 0 N–H and O–H groups in total. The average Bonchev–Trinajstić information content (AvgIpc) is 3.17. The van der Waals surface area contributed by atoms with E-state index in [4.69, 9.17) is 0 Å². The van der Waals surface area contributed by atoms with Crippen LogP contribution in [0.3, 0.4) is 0 Å². The molecule has 2 aliphatic heterocycles. The molecule has 2 aromatic heterocycles. The fraction of sp³-hybridized carbons (Fsp3) is 0.727. The van der Waals surface area contributed by atoms with Crippen molar-refractivity contribution in [1.29, 1.82) is 0 Å². The van der Waals surface area contributed by atoms with Crippen LogP contribution in [0.2, 0.25) is 0 Å². The van der Waals surface area contributed by atoms with E-state index >= 15 is 0 Å². The van der Waals surface area contributed by atoms with Gasteiger partial charge in [-0.25, -0.2) is 4.68 Å². The van der Waals surface area contributed by atoms with Gasteiger partial charge in [0.15, 0.2) is 11.6 Å². The molecule has 0 aromatic carbocycles. The maximum absolute atomic E-state index is 4.68. The van der Waals surface area contributed by atoms with Crippen molar-refractivity contribution in [2.45, 2.75) is 66.5 Å². The molecule has 2 atom stereocenters. The summed E-state index contributed by atoms with van der Waals surface area (Å²) in [5, 5.41) is 9.36. The molecule has 0 unspecified atom stereocenters. The van der Waals surface area contributed by atoms with Crippen molar-refractivity contribution in [3.63, 3.8) is 0 Å². The van der Waals surface area contributed by atoms with E-state index in [-0.39, 0.29) is 0 Å². The third-order valence-electron chi connectivity index (χ3n) is 6.42. The van der Waals surface area contributed by atoms with Crippen LogP contribution in [-0.4, -0.2) is 55.5 Å². The first-order valence-electron chi connectivity index (χ1n) is 11.0. The van der Waals surface area contributed by atoms with Crippen molar-refractivity contribution in [2.75, 3.05) is 26.2 Å². The first-order chi connectivity index (χ1) is 13.5. The van der Waals surface area contributed by atoms with Crippen molar-refractivity contribution in [3.05, 3.63) is 35.2 Å². The van der Waals surface area contributed by atoms with Crippen molar-refractivity contribution in [3.8, 4) is 0 Å². The van der Waals surface area contributed by atoms with Crippen LogP contribution in [0.5, 0.6) is 0 Å². The van der Waals surface area contributed by atoms with Gasteiger partial charge < -0.3 is 0 Å². The number of hydrogen-bond donors (Lipinski definition) is 0. The van der Waals surface area contributed by atoms with Gasteiger partial charge in [0.25, 0.3) is 0 Å². The second-order valence-corrected chi connectivity index (χ2v) is 9.24. The molecule has 2 saturated heterocycles.